The van der Waals surface area contributed by atoms with Gasteiger partial charge in [0.2, 0.25) is 5.91 Å². The number of nitrogens with one attached hydrogen (secondary N) is 1. The van der Waals surface area contributed by atoms with Crippen molar-refractivity contribution in [1.82, 2.24) is 9.88 Å². The second kappa shape index (κ2) is 11.8. The van der Waals surface area contributed by atoms with Crippen LogP contribution in [-0.4, -0.2) is 22.3 Å². The van der Waals surface area contributed by atoms with Gasteiger partial charge >= 0.3 is 0 Å². The third-order valence-electron chi connectivity index (χ3n) is 5.24. The van der Waals surface area contributed by atoms with Crippen LogP contribution in [0.1, 0.15) is 23.2 Å². The summed E-state index contributed by atoms with van der Waals surface area (Å²) >= 11 is 7.43. The van der Waals surface area contributed by atoms with E-state index in [4.69, 9.17) is 11.6 Å². The van der Waals surface area contributed by atoms with Crippen LogP contribution in [0.5, 0.6) is 0 Å². The summed E-state index contributed by atoms with van der Waals surface area (Å²) in [6.07, 6.45) is 0.414. The first kappa shape index (κ1) is 23.2. The maximum absolute atomic E-state index is 12.8. The van der Waals surface area contributed by atoms with Crippen LogP contribution in [0.2, 0.25) is 0 Å². The van der Waals surface area contributed by atoms with Gasteiger partial charge in [-0.05, 0) is 23.3 Å². The number of halogens is 1. The van der Waals surface area contributed by atoms with E-state index in [1.54, 1.807) is 11.3 Å². The molecule has 0 aliphatic carbocycles. The number of nitrogens with zero attached hydrogens (tertiary/aromatic N) is 2. The van der Waals surface area contributed by atoms with Gasteiger partial charge in [0.1, 0.15) is 5.01 Å². The Labute approximate surface area is 203 Å². The zero-order valence-corrected chi connectivity index (χ0v) is 19.9. The predicted molar refractivity (Wildman–Crippen MR) is 137 cm³/mol. The molecule has 6 heteroatoms. The topological polar surface area (TPSA) is 45.2 Å². The van der Waals surface area contributed by atoms with Crippen LogP contribution in [-0.2, 0) is 23.8 Å². The van der Waals surface area contributed by atoms with Gasteiger partial charge in [-0.3, -0.25) is 9.69 Å². The molecule has 0 radical (unpaired) electrons. The smallest absolute Gasteiger partial charge is 0.225 e. The van der Waals surface area contributed by atoms with Crippen molar-refractivity contribution >= 4 is 34.5 Å². The summed E-state index contributed by atoms with van der Waals surface area (Å²) in [7, 11) is 0. The van der Waals surface area contributed by atoms with Gasteiger partial charge in [0.05, 0.1) is 11.6 Å². The number of thiazole rings is 1. The second-order valence-electron chi connectivity index (χ2n) is 7.84. The number of benzene rings is 3. The molecule has 0 fully saturated rings. The minimum Gasteiger partial charge on any atom is -0.326 e. The molecule has 0 bridgehead atoms. The molecule has 1 amide bonds. The molecule has 0 unspecified atom stereocenters. The highest BCUT2D eigenvalue weighted by Gasteiger charge is 2.11. The van der Waals surface area contributed by atoms with Gasteiger partial charge in [0, 0.05) is 42.7 Å². The Kier molecular flexibility index (Phi) is 8.25. The minimum atomic E-state index is -0.00106. The molecule has 4 aromatic rings. The largest absolute Gasteiger partial charge is 0.326 e. The monoisotopic (exact) mass is 475 g/mol. The van der Waals surface area contributed by atoms with Gasteiger partial charge < -0.3 is 5.32 Å². The van der Waals surface area contributed by atoms with Gasteiger partial charge in [0.25, 0.3) is 0 Å². The Hall–Kier alpha value is -2.99. The number of anilines is 1. The van der Waals surface area contributed by atoms with E-state index in [2.05, 4.69) is 39.5 Å². The van der Waals surface area contributed by atoms with Crippen LogP contribution in [0.25, 0.3) is 10.6 Å². The maximum atomic E-state index is 12.8. The molecule has 4 nitrogen and oxygen atoms in total. The summed E-state index contributed by atoms with van der Waals surface area (Å²) in [5.41, 5.74) is 5.09. The first-order valence-corrected chi connectivity index (χ1v) is 12.3. The highest BCUT2D eigenvalue weighted by Crippen LogP contribution is 2.26. The highest BCUT2D eigenvalue weighted by atomic mass is 35.5. The summed E-state index contributed by atoms with van der Waals surface area (Å²) in [5.74, 6) is 0.397. The zero-order valence-electron chi connectivity index (χ0n) is 18.3. The van der Waals surface area contributed by atoms with E-state index in [0.29, 0.717) is 18.8 Å². The number of hydrogen-bond donors (Lipinski definition) is 1. The van der Waals surface area contributed by atoms with Crippen molar-refractivity contribution in [2.75, 3.05) is 11.9 Å². The molecule has 0 saturated heterocycles. The van der Waals surface area contributed by atoms with Gasteiger partial charge in [-0.15, -0.1) is 22.9 Å². The molecule has 3 aromatic carbocycles. The molecule has 0 saturated carbocycles. The SMILES string of the molecule is O=C(CCN(Cc1ccccc1)Cc1ccccc1)Nc1cccc(-c2nc(CCl)cs2)c1. The van der Waals surface area contributed by atoms with Crippen molar-refractivity contribution in [3.05, 3.63) is 107 Å². The van der Waals surface area contributed by atoms with Crippen LogP contribution in [0.15, 0.2) is 90.3 Å². The number of amides is 1. The Balaban J connectivity index is 1.38. The molecule has 4 rings (SSSR count). The van der Waals surface area contributed by atoms with Crippen LogP contribution in [0.4, 0.5) is 5.69 Å². The number of hydrogen-bond acceptors (Lipinski definition) is 4. The lowest BCUT2D eigenvalue weighted by Crippen LogP contribution is -2.27. The summed E-state index contributed by atoms with van der Waals surface area (Å²) < 4.78 is 0. The van der Waals surface area contributed by atoms with E-state index >= 15 is 0 Å². The van der Waals surface area contributed by atoms with E-state index in [0.717, 1.165) is 35.0 Å². The average molecular weight is 476 g/mol. The predicted octanol–water partition coefficient (Wildman–Crippen LogP) is 6.58. The Morgan fingerprint density at radius 3 is 2.18 bits per heavy atom. The first-order valence-electron chi connectivity index (χ1n) is 10.9. The maximum Gasteiger partial charge on any atom is 0.225 e. The molecule has 1 N–H and O–H groups in total. The van der Waals surface area contributed by atoms with Crippen LogP contribution in [0, 0.1) is 0 Å². The number of rotatable bonds is 10. The third-order valence-corrected chi connectivity index (χ3v) is 6.45. The number of carbonyl (C=O) groups is 1. The molecule has 0 atom stereocenters. The fourth-order valence-corrected chi connectivity index (χ4v) is 4.66. The quantitative estimate of drug-likeness (QED) is 0.263. The highest BCUT2D eigenvalue weighted by molar-refractivity contribution is 7.13. The molecular weight excluding hydrogens is 450 g/mol. The van der Waals surface area contributed by atoms with Gasteiger partial charge in [-0.1, -0.05) is 72.8 Å². The lowest BCUT2D eigenvalue weighted by Gasteiger charge is -2.22. The van der Waals surface area contributed by atoms with E-state index < -0.39 is 0 Å². The van der Waals surface area contributed by atoms with Crippen molar-refractivity contribution in [3.63, 3.8) is 0 Å². The lowest BCUT2D eigenvalue weighted by atomic mass is 10.1. The van der Waals surface area contributed by atoms with E-state index in [1.807, 2.05) is 66.0 Å². The number of alkyl halides is 1. The van der Waals surface area contributed by atoms with Crippen LogP contribution in [0.3, 0.4) is 0 Å². The summed E-state index contributed by atoms with van der Waals surface area (Å²) in [5, 5.41) is 5.90. The van der Waals surface area contributed by atoms with Crippen LogP contribution < -0.4 is 5.32 Å². The van der Waals surface area contributed by atoms with Crippen molar-refractivity contribution in [2.45, 2.75) is 25.4 Å². The molecule has 0 spiro atoms. The fourth-order valence-electron chi connectivity index (χ4n) is 3.61. The minimum absolute atomic E-state index is 0.00106. The first-order chi connectivity index (χ1) is 16.2. The summed E-state index contributed by atoms with van der Waals surface area (Å²) in [4.78, 5) is 19.6. The van der Waals surface area contributed by atoms with Gasteiger partial charge in [-0.2, -0.15) is 0 Å². The third kappa shape index (κ3) is 6.99. The van der Waals surface area contributed by atoms with Gasteiger partial charge in [0.15, 0.2) is 0 Å². The number of aromatic nitrogens is 1. The summed E-state index contributed by atoms with van der Waals surface area (Å²) in [6, 6.07) is 28.5. The van der Waals surface area contributed by atoms with Crippen molar-refractivity contribution in [2.24, 2.45) is 0 Å². The molecule has 168 valence electrons. The van der Waals surface area contributed by atoms with E-state index in [9.17, 15) is 4.79 Å². The lowest BCUT2D eigenvalue weighted by molar-refractivity contribution is -0.116. The molecule has 1 heterocycles. The molecule has 0 aliphatic heterocycles. The zero-order chi connectivity index (χ0) is 22.9. The van der Waals surface area contributed by atoms with Crippen molar-refractivity contribution in [1.29, 1.82) is 0 Å². The molecule has 0 aliphatic rings. The Morgan fingerprint density at radius 2 is 1.58 bits per heavy atom. The van der Waals surface area contributed by atoms with Crippen LogP contribution >= 0.6 is 22.9 Å². The average Bonchev–Trinajstić information content (AvgIpc) is 3.34. The Bertz CT molecular complexity index is 1120. The number of carbonyl (C=O) groups excluding carboxylic acids is 1. The van der Waals surface area contributed by atoms with E-state index in [-0.39, 0.29) is 5.91 Å². The normalized spacial score (nSPS) is 11.0. The fraction of sp³-hybridized carbons (Fsp3) is 0.185. The summed E-state index contributed by atoms with van der Waals surface area (Å²) in [6.45, 7) is 2.26. The molecule has 33 heavy (non-hydrogen) atoms. The molecule has 1 aromatic heterocycles. The molecular formula is C27H26ClN3OS. The second-order valence-corrected chi connectivity index (χ2v) is 8.96. The standard InChI is InChI=1S/C27H26ClN3OS/c28-17-25-20-33-27(30-25)23-12-7-13-24(16-23)29-26(32)14-15-31(18-21-8-3-1-4-9-21)19-22-10-5-2-6-11-22/h1-13,16,20H,14-15,17-19H2,(H,29,32). The van der Waals surface area contributed by atoms with Gasteiger partial charge in [-0.25, -0.2) is 4.98 Å². The van der Waals surface area contributed by atoms with Crippen molar-refractivity contribution in [3.8, 4) is 10.6 Å². The van der Waals surface area contributed by atoms with Crippen molar-refractivity contribution < 1.29 is 4.79 Å². The van der Waals surface area contributed by atoms with E-state index in [1.165, 1.54) is 11.1 Å². The Morgan fingerprint density at radius 1 is 0.909 bits per heavy atom.